The Balaban J connectivity index is 3.66. The lowest BCUT2D eigenvalue weighted by atomic mass is 9.98. The van der Waals surface area contributed by atoms with Gasteiger partial charge in [0.1, 0.15) is 0 Å². The molecule has 1 aromatic carbocycles. The molecule has 0 spiro atoms. The van der Waals surface area contributed by atoms with Gasteiger partial charge in [0.25, 0.3) is 4.75 Å². The van der Waals surface area contributed by atoms with Crippen molar-refractivity contribution in [3.8, 4) is 0 Å². The van der Waals surface area contributed by atoms with Crippen LogP contribution in [0.1, 0.15) is 19.4 Å². The summed E-state index contributed by atoms with van der Waals surface area (Å²) in [4.78, 5) is 24.7. The van der Waals surface area contributed by atoms with E-state index in [0.29, 0.717) is 0 Å². The summed E-state index contributed by atoms with van der Waals surface area (Å²) in [7, 11) is -4.17. The first-order valence-corrected chi connectivity index (χ1v) is 8.31. The minimum absolute atomic E-state index is 0.00407. The van der Waals surface area contributed by atoms with E-state index in [-0.39, 0.29) is 18.8 Å². The average molecular weight is 314 g/mol. The summed E-state index contributed by atoms with van der Waals surface area (Å²) in [5, 5.41) is 0. The van der Waals surface area contributed by atoms with Crippen molar-refractivity contribution < 1.29 is 27.5 Å². The monoisotopic (exact) mass is 314 g/mol. The molecule has 0 radical (unpaired) electrons. The second-order valence-electron chi connectivity index (χ2n) is 4.26. The van der Waals surface area contributed by atoms with Gasteiger partial charge in [-0.15, -0.1) is 0 Å². The Morgan fingerprint density at radius 2 is 1.43 bits per heavy atom. The van der Waals surface area contributed by atoms with Crippen LogP contribution in [0.25, 0.3) is 0 Å². The van der Waals surface area contributed by atoms with Crippen molar-refractivity contribution in [2.24, 2.45) is 0 Å². The topological polar surface area (TPSA) is 86.7 Å². The molecule has 21 heavy (non-hydrogen) atoms. The number of esters is 2. The van der Waals surface area contributed by atoms with Crippen LogP contribution in [0.3, 0.4) is 0 Å². The van der Waals surface area contributed by atoms with Crippen LogP contribution in [0.4, 0.5) is 0 Å². The minimum atomic E-state index is -4.17. The summed E-state index contributed by atoms with van der Waals surface area (Å²) in [6, 6.07) is 7.48. The smallest absolute Gasteiger partial charge is 0.343 e. The Morgan fingerprint density at radius 3 is 1.76 bits per heavy atom. The third kappa shape index (κ3) is 3.07. The van der Waals surface area contributed by atoms with Crippen molar-refractivity contribution in [2.75, 3.05) is 19.5 Å². The molecule has 0 saturated carbocycles. The summed E-state index contributed by atoms with van der Waals surface area (Å²) < 4.78 is 31.7. The fourth-order valence-corrected chi connectivity index (χ4v) is 3.26. The van der Waals surface area contributed by atoms with Gasteiger partial charge in [-0.3, -0.25) is 0 Å². The average Bonchev–Trinajstić information content (AvgIpc) is 2.39. The van der Waals surface area contributed by atoms with Gasteiger partial charge >= 0.3 is 11.9 Å². The van der Waals surface area contributed by atoms with Crippen molar-refractivity contribution in [2.45, 2.75) is 18.6 Å². The van der Waals surface area contributed by atoms with Crippen molar-refractivity contribution in [1.82, 2.24) is 0 Å². The highest BCUT2D eigenvalue weighted by atomic mass is 32.2. The number of benzene rings is 1. The number of carbonyl (C=O) groups is 2. The fourth-order valence-electron chi connectivity index (χ4n) is 1.97. The molecule has 0 aromatic heterocycles. The molecule has 0 bridgehead atoms. The third-order valence-corrected chi connectivity index (χ3v) is 4.54. The Kier molecular flexibility index (Phi) is 5.48. The lowest BCUT2D eigenvalue weighted by molar-refractivity contribution is -0.159. The zero-order valence-corrected chi connectivity index (χ0v) is 13.0. The Hall–Kier alpha value is -1.89. The fraction of sp³-hybridized carbons (Fsp3) is 0.429. The second kappa shape index (κ2) is 6.71. The molecule has 0 aliphatic heterocycles. The summed E-state index contributed by atoms with van der Waals surface area (Å²) in [6.45, 7) is 2.95. The zero-order valence-electron chi connectivity index (χ0n) is 12.2. The molecular weight excluding hydrogens is 296 g/mol. The zero-order chi connectivity index (χ0) is 16.1. The van der Waals surface area contributed by atoms with Crippen molar-refractivity contribution in [3.05, 3.63) is 35.9 Å². The van der Waals surface area contributed by atoms with Crippen LogP contribution in [-0.2, 0) is 33.6 Å². The van der Waals surface area contributed by atoms with Crippen LogP contribution < -0.4 is 0 Å². The summed E-state index contributed by atoms with van der Waals surface area (Å²) in [5.41, 5.74) is 0.00407. The van der Waals surface area contributed by atoms with E-state index >= 15 is 0 Å². The lowest BCUT2D eigenvalue weighted by Gasteiger charge is -2.27. The van der Waals surface area contributed by atoms with E-state index < -0.39 is 26.5 Å². The van der Waals surface area contributed by atoms with Crippen LogP contribution >= 0.6 is 0 Å². The lowest BCUT2D eigenvalue weighted by Crippen LogP contribution is -2.51. The molecule has 0 aliphatic carbocycles. The second-order valence-corrected chi connectivity index (χ2v) is 6.42. The number of carbonyl (C=O) groups excluding carboxylic acids is 2. The molecule has 0 heterocycles. The van der Waals surface area contributed by atoms with Gasteiger partial charge in [-0.2, -0.15) is 0 Å². The van der Waals surface area contributed by atoms with Crippen LogP contribution in [-0.4, -0.2) is 39.8 Å². The summed E-state index contributed by atoms with van der Waals surface area (Å²) in [5.74, 6) is -2.31. The van der Waals surface area contributed by atoms with Crippen molar-refractivity contribution >= 4 is 21.8 Å². The first-order chi connectivity index (χ1) is 9.82. The molecule has 0 saturated heterocycles. The third-order valence-electron chi connectivity index (χ3n) is 2.86. The van der Waals surface area contributed by atoms with Gasteiger partial charge in [0, 0.05) is 6.26 Å². The normalized spacial score (nSPS) is 11.8. The molecule has 0 atom stereocenters. The highest BCUT2D eigenvalue weighted by molar-refractivity contribution is 7.93. The summed E-state index contributed by atoms with van der Waals surface area (Å²) >= 11 is 0. The minimum Gasteiger partial charge on any atom is -0.464 e. The first kappa shape index (κ1) is 17.2. The maximum Gasteiger partial charge on any atom is 0.343 e. The highest BCUT2D eigenvalue weighted by Gasteiger charge is 2.59. The van der Waals surface area contributed by atoms with E-state index in [2.05, 4.69) is 0 Å². The molecule has 0 N–H and O–H groups in total. The molecule has 116 valence electrons. The Morgan fingerprint density at radius 1 is 1.00 bits per heavy atom. The molecule has 6 nitrogen and oxygen atoms in total. The van der Waals surface area contributed by atoms with Crippen molar-refractivity contribution in [1.29, 1.82) is 0 Å². The largest absolute Gasteiger partial charge is 0.464 e. The van der Waals surface area contributed by atoms with E-state index in [9.17, 15) is 18.0 Å². The van der Waals surface area contributed by atoms with Gasteiger partial charge in [0.15, 0.2) is 9.84 Å². The number of sulfone groups is 1. The van der Waals surface area contributed by atoms with E-state index in [4.69, 9.17) is 9.47 Å². The predicted molar refractivity (Wildman–Crippen MR) is 76.2 cm³/mol. The Labute approximate surface area is 124 Å². The number of ether oxygens (including phenoxy) is 2. The highest BCUT2D eigenvalue weighted by Crippen LogP contribution is 2.33. The van der Waals surface area contributed by atoms with Gasteiger partial charge in [-0.1, -0.05) is 30.3 Å². The number of rotatable bonds is 6. The number of hydrogen-bond donors (Lipinski definition) is 0. The maximum absolute atomic E-state index is 12.3. The molecule has 0 amide bonds. The maximum atomic E-state index is 12.3. The van der Waals surface area contributed by atoms with Gasteiger partial charge in [0.05, 0.1) is 13.2 Å². The van der Waals surface area contributed by atoms with E-state index in [1.165, 1.54) is 38.1 Å². The van der Waals surface area contributed by atoms with Crippen LogP contribution in [0, 0.1) is 0 Å². The molecule has 0 fully saturated rings. The standard InChI is InChI=1S/C14H18O6S/c1-4-19-12(15)14(21(3,17)18,13(16)20-5-2)11-9-7-6-8-10-11/h6-10H,4-5H2,1-3H3. The van der Waals surface area contributed by atoms with E-state index in [1.54, 1.807) is 6.07 Å². The van der Waals surface area contributed by atoms with Crippen molar-refractivity contribution in [3.63, 3.8) is 0 Å². The van der Waals surface area contributed by atoms with Gasteiger partial charge in [-0.05, 0) is 19.4 Å². The quantitative estimate of drug-likeness (QED) is 0.576. The molecule has 0 aliphatic rings. The first-order valence-electron chi connectivity index (χ1n) is 6.41. The molecule has 1 rings (SSSR count). The number of hydrogen-bond acceptors (Lipinski definition) is 6. The molecular formula is C14H18O6S. The molecule has 0 unspecified atom stereocenters. The SMILES string of the molecule is CCOC(=O)C(C(=O)OCC)(c1ccccc1)S(C)(=O)=O. The van der Waals surface area contributed by atoms with Crippen LogP contribution in [0.15, 0.2) is 30.3 Å². The van der Waals surface area contributed by atoms with Gasteiger partial charge in [0.2, 0.25) is 0 Å². The molecule has 1 aromatic rings. The van der Waals surface area contributed by atoms with Gasteiger partial charge < -0.3 is 9.47 Å². The van der Waals surface area contributed by atoms with Crippen LogP contribution in [0.5, 0.6) is 0 Å². The Bertz CT molecular complexity index is 588. The van der Waals surface area contributed by atoms with E-state index in [1.807, 2.05) is 0 Å². The molecule has 7 heteroatoms. The van der Waals surface area contributed by atoms with Crippen LogP contribution in [0.2, 0.25) is 0 Å². The van der Waals surface area contributed by atoms with E-state index in [0.717, 1.165) is 6.26 Å². The predicted octanol–water partition coefficient (Wildman–Crippen LogP) is 1.05. The summed E-state index contributed by atoms with van der Waals surface area (Å²) in [6.07, 6.45) is 0.813. The van der Waals surface area contributed by atoms with Gasteiger partial charge in [-0.25, -0.2) is 18.0 Å².